The van der Waals surface area contributed by atoms with E-state index in [2.05, 4.69) is 21.7 Å². The highest BCUT2D eigenvalue weighted by molar-refractivity contribution is 5.99. The molecule has 2 N–H and O–H groups in total. The van der Waals surface area contributed by atoms with E-state index in [0.29, 0.717) is 17.9 Å². The van der Waals surface area contributed by atoms with Gasteiger partial charge in [-0.2, -0.15) is 0 Å². The molecule has 0 bridgehead atoms. The number of anilines is 2. The minimum Gasteiger partial charge on any atom is -0.497 e. The van der Waals surface area contributed by atoms with Gasteiger partial charge in [0.25, 0.3) is 5.91 Å². The van der Waals surface area contributed by atoms with Gasteiger partial charge in [0.2, 0.25) is 0 Å². The van der Waals surface area contributed by atoms with E-state index in [1.54, 1.807) is 25.4 Å². The van der Waals surface area contributed by atoms with Crippen molar-refractivity contribution in [3.63, 3.8) is 0 Å². The molecule has 6 heteroatoms. The number of carbonyl (C=O) groups is 1. The van der Waals surface area contributed by atoms with Crippen LogP contribution < -0.4 is 20.1 Å². The molecule has 0 saturated carbocycles. The summed E-state index contributed by atoms with van der Waals surface area (Å²) in [6, 6.07) is 18.9. The van der Waals surface area contributed by atoms with Gasteiger partial charge in [-0.1, -0.05) is 18.2 Å². The van der Waals surface area contributed by atoms with Crippen LogP contribution in [0.3, 0.4) is 0 Å². The van der Waals surface area contributed by atoms with E-state index in [4.69, 9.17) is 9.47 Å². The van der Waals surface area contributed by atoms with Crippen LogP contribution in [0.5, 0.6) is 11.5 Å². The van der Waals surface area contributed by atoms with Gasteiger partial charge < -0.3 is 20.1 Å². The molecule has 0 spiro atoms. The number of hydrogen-bond acceptors (Lipinski definition) is 5. The van der Waals surface area contributed by atoms with Crippen molar-refractivity contribution in [2.75, 3.05) is 19.0 Å². The van der Waals surface area contributed by atoms with Crippen molar-refractivity contribution in [2.45, 2.75) is 12.5 Å². The Labute approximate surface area is 163 Å². The number of methoxy groups -OCH3 is 1. The zero-order valence-electron chi connectivity index (χ0n) is 15.5. The second kappa shape index (κ2) is 8.00. The Morgan fingerprint density at radius 1 is 1.14 bits per heavy atom. The Kier molecular flexibility index (Phi) is 5.10. The molecule has 1 unspecified atom stereocenters. The fourth-order valence-corrected chi connectivity index (χ4v) is 3.17. The molecule has 1 atom stereocenters. The molecule has 1 aliphatic heterocycles. The van der Waals surface area contributed by atoms with Crippen molar-refractivity contribution in [1.82, 2.24) is 10.3 Å². The minimum absolute atomic E-state index is 0.0592. The molecule has 6 nitrogen and oxygen atoms in total. The van der Waals surface area contributed by atoms with Crippen LogP contribution in [0.2, 0.25) is 0 Å². The number of para-hydroxylation sites is 1. The molecule has 4 rings (SSSR count). The van der Waals surface area contributed by atoms with Gasteiger partial charge in [0.15, 0.2) is 0 Å². The summed E-state index contributed by atoms with van der Waals surface area (Å²) >= 11 is 0. The first-order valence-corrected chi connectivity index (χ1v) is 9.12. The molecular weight excluding hydrogens is 354 g/mol. The molecule has 0 fully saturated rings. The second-order valence-electron chi connectivity index (χ2n) is 6.51. The number of amides is 1. The predicted octanol–water partition coefficient (Wildman–Crippen LogP) is 3.57. The molecule has 0 saturated heterocycles. The number of aromatic nitrogens is 1. The zero-order chi connectivity index (χ0) is 19.3. The van der Waals surface area contributed by atoms with E-state index in [1.165, 1.54) is 5.56 Å². The average Bonchev–Trinajstić information content (AvgIpc) is 3.16. The summed E-state index contributed by atoms with van der Waals surface area (Å²) < 4.78 is 11.0. The maximum atomic E-state index is 12.7. The Bertz CT molecular complexity index is 948. The van der Waals surface area contributed by atoms with Gasteiger partial charge >= 0.3 is 0 Å². The number of benzene rings is 2. The van der Waals surface area contributed by atoms with E-state index in [1.807, 2.05) is 42.5 Å². The van der Waals surface area contributed by atoms with Crippen LogP contribution in [0, 0.1) is 0 Å². The molecule has 2 heterocycles. The normalized spacial score (nSPS) is 14.7. The second-order valence-corrected chi connectivity index (χ2v) is 6.51. The maximum absolute atomic E-state index is 12.7. The Balaban J connectivity index is 1.40. The molecule has 2 aromatic carbocycles. The SMILES string of the molecule is COc1ccc(Nc2ncccc2C(=O)NCC2Cc3ccccc3O2)cc1. The summed E-state index contributed by atoms with van der Waals surface area (Å²) in [4.78, 5) is 17.0. The standard InChI is InChI=1S/C22H21N3O3/c1-27-17-10-8-16(9-11-17)25-21-19(6-4-12-23-21)22(26)24-14-18-13-15-5-2-3-7-20(15)28-18/h2-12,18H,13-14H2,1H3,(H,23,25)(H,24,26). The molecule has 1 aliphatic rings. The van der Waals surface area contributed by atoms with E-state index < -0.39 is 0 Å². The Morgan fingerprint density at radius 2 is 1.96 bits per heavy atom. The molecule has 1 amide bonds. The van der Waals surface area contributed by atoms with E-state index in [9.17, 15) is 4.79 Å². The van der Waals surface area contributed by atoms with E-state index >= 15 is 0 Å². The monoisotopic (exact) mass is 375 g/mol. The number of ether oxygens (including phenoxy) is 2. The lowest BCUT2D eigenvalue weighted by Crippen LogP contribution is -2.34. The first-order valence-electron chi connectivity index (χ1n) is 9.12. The smallest absolute Gasteiger partial charge is 0.255 e. The van der Waals surface area contributed by atoms with E-state index in [0.717, 1.165) is 23.6 Å². The summed E-state index contributed by atoms with van der Waals surface area (Å²) in [5, 5.41) is 6.14. The number of hydrogen-bond donors (Lipinski definition) is 2. The summed E-state index contributed by atoms with van der Waals surface area (Å²) in [6.45, 7) is 0.435. The number of nitrogens with zero attached hydrogens (tertiary/aromatic N) is 1. The highest BCUT2D eigenvalue weighted by Crippen LogP contribution is 2.28. The fraction of sp³-hybridized carbons (Fsp3) is 0.182. The lowest BCUT2D eigenvalue weighted by molar-refractivity contribution is 0.0934. The zero-order valence-corrected chi connectivity index (χ0v) is 15.5. The Morgan fingerprint density at radius 3 is 2.75 bits per heavy atom. The summed E-state index contributed by atoms with van der Waals surface area (Å²) in [7, 11) is 1.62. The molecule has 142 valence electrons. The lowest BCUT2D eigenvalue weighted by Gasteiger charge is -2.14. The van der Waals surface area contributed by atoms with Crippen LogP contribution in [-0.4, -0.2) is 30.6 Å². The summed E-state index contributed by atoms with van der Waals surface area (Å²) in [5.74, 6) is 1.97. The van der Waals surface area contributed by atoms with Gasteiger partial charge in [-0.15, -0.1) is 0 Å². The number of rotatable bonds is 6. The van der Waals surface area contributed by atoms with Crippen LogP contribution in [0.4, 0.5) is 11.5 Å². The van der Waals surface area contributed by atoms with Crippen molar-refractivity contribution < 1.29 is 14.3 Å². The van der Waals surface area contributed by atoms with Crippen LogP contribution in [-0.2, 0) is 6.42 Å². The van der Waals surface area contributed by atoms with Crippen LogP contribution in [0.15, 0.2) is 66.9 Å². The van der Waals surface area contributed by atoms with Gasteiger partial charge in [-0.05, 0) is 48.0 Å². The number of nitrogens with one attached hydrogen (secondary N) is 2. The van der Waals surface area contributed by atoms with Gasteiger partial charge in [0.1, 0.15) is 23.4 Å². The lowest BCUT2D eigenvalue weighted by atomic mass is 10.1. The van der Waals surface area contributed by atoms with Gasteiger partial charge in [-0.25, -0.2) is 4.98 Å². The maximum Gasteiger partial charge on any atom is 0.255 e. The summed E-state index contributed by atoms with van der Waals surface area (Å²) in [6.07, 6.45) is 2.39. The number of fused-ring (bicyclic) bond motifs is 1. The molecule has 0 aliphatic carbocycles. The first kappa shape index (κ1) is 17.9. The third kappa shape index (κ3) is 3.91. The first-order chi connectivity index (χ1) is 13.7. The largest absolute Gasteiger partial charge is 0.497 e. The highest BCUT2D eigenvalue weighted by Gasteiger charge is 2.23. The quantitative estimate of drug-likeness (QED) is 0.689. The molecular formula is C22H21N3O3. The van der Waals surface area contributed by atoms with Crippen molar-refractivity contribution in [3.05, 3.63) is 78.0 Å². The van der Waals surface area contributed by atoms with E-state index in [-0.39, 0.29) is 12.0 Å². The van der Waals surface area contributed by atoms with Crippen LogP contribution in [0.25, 0.3) is 0 Å². The molecule has 28 heavy (non-hydrogen) atoms. The van der Waals surface area contributed by atoms with Crippen LogP contribution >= 0.6 is 0 Å². The number of carbonyl (C=O) groups excluding carboxylic acids is 1. The minimum atomic E-state index is -0.191. The molecule has 0 radical (unpaired) electrons. The summed E-state index contributed by atoms with van der Waals surface area (Å²) in [5.41, 5.74) is 2.47. The third-order valence-corrected chi connectivity index (χ3v) is 4.61. The van der Waals surface area contributed by atoms with Gasteiger partial charge in [0.05, 0.1) is 19.2 Å². The molecule has 1 aromatic heterocycles. The predicted molar refractivity (Wildman–Crippen MR) is 107 cm³/mol. The van der Waals surface area contributed by atoms with Crippen molar-refractivity contribution in [2.24, 2.45) is 0 Å². The average molecular weight is 375 g/mol. The topological polar surface area (TPSA) is 72.5 Å². The van der Waals surface area contributed by atoms with Crippen molar-refractivity contribution in [3.8, 4) is 11.5 Å². The fourth-order valence-electron chi connectivity index (χ4n) is 3.17. The molecule has 3 aromatic rings. The third-order valence-electron chi connectivity index (χ3n) is 4.61. The van der Waals surface area contributed by atoms with Crippen LogP contribution in [0.1, 0.15) is 15.9 Å². The van der Waals surface area contributed by atoms with Gasteiger partial charge in [0, 0.05) is 18.3 Å². The van der Waals surface area contributed by atoms with Gasteiger partial charge in [-0.3, -0.25) is 4.79 Å². The van der Waals surface area contributed by atoms with Crippen molar-refractivity contribution in [1.29, 1.82) is 0 Å². The highest BCUT2D eigenvalue weighted by atomic mass is 16.5. The Hall–Kier alpha value is -3.54. The van der Waals surface area contributed by atoms with Crippen molar-refractivity contribution >= 4 is 17.4 Å². The number of pyridine rings is 1.